The first kappa shape index (κ1) is 13.5. The second kappa shape index (κ2) is 5.83. The van der Waals surface area contributed by atoms with E-state index in [4.69, 9.17) is 17.3 Å². The standard InChI is InChI=1S/C14H12BrClFN/c15-13-5-4-10(16)8-12(13)14(18)7-9-2-1-3-11(17)6-9/h1-6,8,14H,7,18H2. The molecule has 18 heavy (non-hydrogen) atoms. The third kappa shape index (κ3) is 3.31. The van der Waals surface area contributed by atoms with Gasteiger partial charge in [-0.25, -0.2) is 4.39 Å². The summed E-state index contributed by atoms with van der Waals surface area (Å²) in [6.07, 6.45) is 0.566. The van der Waals surface area contributed by atoms with Gasteiger partial charge in [-0.05, 0) is 47.9 Å². The van der Waals surface area contributed by atoms with Crippen LogP contribution in [0.25, 0.3) is 0 Å². The van der Waals surface area contributed by atoms with Crippen molar-refractivity contribution in [1.82, 2.24) is 0 Å². The van der Waals surface area contributed by atoms with Gasteiger partial charge in [0.05, 0.1) is 0 Å². The molecule has 94 valence electrons. The Morgan fingerprint density at radius 1 is 1.22 bits per heavy atom. The fourth-order valence-corrected chi connectivity index (χ4v) is 2.55. The number of halogens is 3. The second-order valence-electron chi connectivity index (χ2n) is 4.11. The molecule has 0 aliphatic carbocycles. The van der Waals surface area contributed by atoms with Crippen LogP contribution in [0.4, 0.5) is 4.39 Å². The predicted molar refractivity (Wildman–Crippen MR) is 76.2 cm³/mol. The molecule has 0 fully saturated rings. The first-order valence-corrected chi connectivity index (χ1v) is 6.68. The lowest BCUT2D eigenvalue weighted by Crippen LogP contribution is -2.14. The minimum Gasteiger partial charge on any atom is -0.324 e. The number of hydrogen-bond donors (Lipinski definition) is 1. The topological polar surface area (TPSA) is 26.0 Å². The molecule has 1 atom stereocenters. The van der Waals surface area contributed by atoms with Gasteiger partial charge in [-0.3, -0.25) is 0 Å². The van der Waals surface area contributed by atoms with Crippen molar-refractivity contribution in [3.8, 4) is 0 Å². The van der Waals surface area contributed by atoms with Gasteiger partial charge in [0.25, 0.3) is 0 Å². The average molecular weight is 329 g/mol. The smallest absolute Gasteiger partial charge is 0.123 e. The number of benzene rings is 2. The zero-order valence-electron chi connectivity index (χ0n) is 9.54. The van der Waals surface area contributed by atoms with Gasteiger partial charge in [-0.15, -0.1) is 0 Å². The van der Waals surface area contributed by atoms with Gasteiger partial charge in [-0.2, -0.15) is 0 Å². The van der Waals surface area contributed by atoms with Crippen molar-refractivity contribution in [3.63, 3.8) is 0 Å². The van der Waals surface area contributed by atoms with Crippen LogP contribution in [0.1, 0.15) is 17.2 Å². The quantitative estimate of drug-likeness (QED) is 0.883. The van der Waals surface area contributed by atoms with Crippen LogP contribution in [0.3, 0.4) is 0 Å². The summed E-state index contributed by atoms with van der Waals surface area (Å²) < 4.78 is 14.0. The molecule has 0 aliphatic rings. The van der Waals surface area contributed by atoms with E-state index < -0.39 is 0 Å². The van der Waals surface area contributed by atoms with Crippen LogP contribution in [0, 0.1) is 5.82 Å². The second-order valence-corrected chi connectivity index (χ2v) is 5.40. The molecule has 0 aromatic heterocycles. The minimum absolute atomic E-state index is 0.222. The van der Waals surface area contributed by atoms with Gasteiger partial charge in [0.1, 0.15) is 5.82 Å². The van der Waals surface area contributed by atoms with Crippen molar-refractivity contribution < 1.29 is 4.39 Å². The molecule has 4 heteroatoms. The third-order valence-corrected chi connectivity index (χ3v) is 3.66. The fraction of sp³-hybridized carbons (Fsp3) is 0.143. The number of rotatable bonds is 3. The normalized spacial score (nSPS) is 12.4. The first-order valence-electron chi connectivity index (χ1n) is 5.51. The highest BCUT2D eigenvalue weighted by molar-refractivity contribution is 9.10. The Morgan fingerprint density at radius 3 is 2.72 bits per heavy atom. The maximum atomic E-state index is 13.1. The highest BCUT2D eigenvalue weighted by Gasteiger charge is 2.11. The molecule has 0 saturated heterocycles. The van der Waals surface area contributed by atoms with Crippen molar-refractivity contribution >= 4 is 27.5 Å². The molecule has 2 aromatic carbocycles. The van der Waals surface area contributed by atoms with Crippen molar-refractivity contribution in [2.24, 2.45) is 5.73 Å². The van der Waals surface area contributed by atoms with Crippen molar-refractivity contribution in [3.05, 3.63) is 68.9 Å². The molecule has 0 spiro atoms. The molecule has 0 bridgehead atoms. The summed E-state index contributed by atoms with van der Waals surface area (Å²) in [6, 6.07) is 11.7. The zero-order valence-corrected chi connectivity index (χ0v) is 11.9. The Labute approximate surface area is 119 Å². The Hall–Kier alpha value is -0.900. The number of hydrogen-bond acceptors (Lipinski definition) is 1. The Bertz CT molecular complexity index is 559. The highest BCUT2D eigenvalue weighted by Crippen LogP contribution is 2.27. The van der Waals surface area contributed by atoms with Crippen LogP contribution in [0.5, 0.6) is 0 Å². The molecular weight excluding hydrogens is 317 g/mol. The average Bonchev–Trinajstić information content (AvgIpc) is 2.32. The van der Waals surface area contributed by atoms with Crippen LogP contribution in [0.2, 0.25) is 5.02 Å². The van der Waals surface area contributed by atoms with E-state index in [1.54, 1.807) is 12.1 Å². The summed E-state index contributed by atoms with van der Waals surface area (Å²) in [5.74, 6) is -0.246. The van der Waals surface area contributed by atoms with E-state index in [1.807, 2.05) is 18.2 Å². The molecular formula is C14H12BrClFN. The fourth-order valence-electron chi connectivity index (χ4n) is 1.83. The van der Waals surface area contributed by atoms with Crippen molar-refractivity contribution in [1.29, 1.82) is 0 Å². The lowest BCUT2D eigenvalue weighted by atomic mass is 10.00. The third-order valence-electron chi connectivity index (χ3n) is 2.70. The van der Waals surface area contributed by atoms with Gasteiger partial charge >= 0.3 is 0 Å². The predicted octanol–water partition coefficient (Wildman–Crippen LogP) is 4.48. The van der Waals surface area contributed by atoms with E-state index in [1.165, 1.54) is 12.1 Å². The molecule has 2 aromatic rings. The summed E-state index contributed by atoms with van der Waals surface area (Å²) in [7, 11) is 0. The molecule has 2 rings (SSSR count). The van der Waals surface area contributed by atoms with Gasteiger partial charge in [0.2, 0.25) is 0 Å². The van der Waals surface area contributed by atoms with Gasteiger partial charge in [0.15, 0.2) is 0 Å². The molecule has 1 nitrogen and oxygen atoms in total. The van der Waals surface area contributed by atoms with E-state index in [9.17, 15) is 4.39 Å². The minimum atomic E-state index is -0.246. The van der Waals surface area contributed by atoms with Crippen molar-refractivity contribution in [2.75, 3.05) is 0 Å². The molecule has 2 N–H and O–H groups in total. The van der Waals surface area contributed by atoms with Crippen LogP contribution < -0.4 is 5.73 Å². The Balaban J connectivity index is 2.21. The highest BCUT2D eigenvalue weighted by atomic mass is 79.9. The van der Waals surface area contributed by atoms with Crippen LogP contribution >= 0.6 is 27.5 Å². The SMILES string of the molecule is NC(Cc1cccc(F)c1)c1cc(Cl)ccc1Br. The van der Waals surface area contributed by atoms with Crippen LogP contribution in [-0.2, 0) is 6.42 Å². The largest absolute Gasteiger partial charge is 0.324 e. The first-order chi connectivity index (χ1) is 8.56. The Morgan fingerprint density at radius 2 is 2.00 bits per heavy atom. The maximum Gasteiger partial charge on any atom is 0.123 e. The molecule has 0 heterocycles. The molecule has 0 amide bonds. The summed E-state index contributed by atoms with van der Waals surface area (Å²) >= 11 is 9.40. The summed E-state index contributed by atoms with van der Waals surface area (Å²) in [4.78, 5) is 0. The van der Waals surface area contributed by atoms with Gasteiger partial charge in [-0.1, -0.05) is 39.7 Å². The lowest BCUT2D eigenvalue weighted by Gasteiger charge is -2.14. The molecule has 1 unspecified atom stereocenters. The lowest BCUT2D eigenvalue weighted by molar-refractivity contribution is 0.622. The maximum absolute atomic E-state index is 13.1. The van der Waals surface area contributed by atoms with Gasteiger partial charge in [0, 0.05) is 15.5 Å². The Kier molecular flexibility index (Phi) is 4.38. The van der Waals surface area contributed by atoms with E-state index in [0.717, 1.165) is 15.6 Å². The molecule has 0 radical (unpaired) electrons. The van der Waals surface area contributed by atoms with E-state index in [2.05, 4.69) is 15.9 Å². The number of nitrogens with two attached hydrogens (primary N) is 1. The molecule has 0 saturated carbocycles. The van der Waals surface area contributed by atoms with Crippen molar-refractivity contribution in [2.45, 2.75) is 12.5 Å². The van der Waals surface area contributed by atoms with Crippen LogP contribution in [0.15, 0.2) is 46.9 Å². The summed E-state index contributed by atoms with van der Waals surface area (Å²) in [6.45, 7) is 0. The van der Waals surface area contributed by atoms with E-state index >= 15 is 0 Å². The summed E-state index contributed by atoms with van der Waals surface area (Å²) in [5, 5.41) is 0.642. The van der Waals surface area contributed by atoms with E-state index in [-0.39, 0.29) is 11.9 Å². The zero-order chi connectivity index (χ0) is 13.1. The monoisotopic (exact) mass is 327 g/mol. The van der Waals surface area contributed by atoms with E-state index in [0.29, 0.717) is 11.4 Å². The van der Waals surface area contributed by atoms with Crippen LogP contribution in [-0.4, -0.2) is 0 Å². The molecule has 0 aliphatic heterocycles. The van der Waals surface area contributed by atoms with Gasteiger partial charge < -0.3 is 5.73 Å². The summed E-state index contributed by atoms with van der Waals surface area (Å²) in [5.41, 5.74) is 7.93.